The summed E-state index contributed by atoms with van der Waals surface area (Å²) in [6.07, 6.45) is 3.20. The first-order chi connectivity index (χ1) is 8.20. The average molecular weight is 231 g/mol. The zero-order valence-corrected chi connectivity index (χ0v) is 9.42. The summed E-state index contributed by atoms with van der Waals surface area (Å²) in [6.45, 7) is -0.112. The highest BCUT2D eigenvalue weighted by molar-refractivity contribution is 6.03. The first-order valence-corrected chi connectivity index (χ1v) is 5.19. The Morgan fingerprint density at radius 2 is 2.24 bits per heavy atom. The molecule has 0 aliphatic rings. The summed E-state index contributed by atoms with van der Waals surface area (Å²) < 4.78 is 1.70. The van der Waals surface area contributed by atoms with Gasteiger partial charge in [0.1, 0.15) is 5.69 Å². The number of aliphatic hydroxyl groups is 1. The summed E-state index contributed by atoms with van der Waals surface area (Å²) in [7, 11) is 1.80. The van der Waals surface area contributed by atoms with Gasteiger partial charge in [-0.15, -0.1) is 0 Å². The topological polar surface area (TPSA) is 67.2 Å². The molecule has 1 aromatic heterocycles. The minimum Gasteiger partial charge on any atom is -0.392 e. The Morgan fingerprint density at radius 1 is 1.47 bits per heavy atom. The molecule has 1 aromatic carbocycles. The van der Waals surface area contributed by atoms with E-state index >= 15 is 0 Å². The third-order valence-electron chi connectivity index (χ3n) is 2.37. The van der Waals surface area contributed by atoms with Crippen molar-refractivity contribution in [3.63, 3.8) is 0 Å². The van der Waals surface area contributed by atoms with Crippen LogP contribution >= 0.6 is 0 Å². The zero-order valence-electron chi connectivity index (χ0n) is 9.42. The van der Waals surface area contributed by atoms with E-state index in [4.69, 9.17) is 5.11 Å². The van der Waals surface area contributed by atoms with Crippen LogP contribution in [0.5, 0.6) is 0 Å². The van der Waals surface area contributed by atoms with Gasteiger partial charge in [-0.3, -0.25) is 4.79 Å². The molecule has 0 spiro atoms. The molecule has 2 aromatic rings. The molecule has 2 rings (SSSR count). The number of aryl methyl sites for hydroxylation is 1. The van der Waals surface area contributed by atoms with Crippen LogP contribution in [0.15, 0.2) is 36.8 Å². The molecule has 0 aliphatic heterocycles. The van der Waals surface area contributed by atoms with Crippen molar-refractivity contribution in [2.24, 2.45) is 7.05 Å². The van der Waals surface area contributed by atoms with Crippen LogP contribution in [0.1, 0.15) is 16.1 Å². The van der Waals surface area contributed by atoms with Crippen LogP contribution in [0, 0.1) is 0 Å². The van der Waals surface area contributed by atoms with Crippen LogP contribution in [-0.2, 0) is 13.7 Å². The molecule has 1 amide bonds. The number of nitrogens with one attached hydrogen (secondary N) is 1. The Kier molecular flexibility index (Phi) is 3.20. The van der Waals surface area contributed by atoms with E-state index in [1.165, 1.54) is 0 Å². The molecule has 0 fully saturated rings. The van der Waals surface area contributed by atoms with E-state index < -0.39 is 0 Å². The summed E-state index contributed by atoms with van der Waals surface area (Å²) in [5, 5.41) is 11.9. The number of imidazole rings is 1. The Hall–Kier alpha value is -2.14. The molecule has 5 heteroatoms. The number of carbonyl (C=O) groups excluding carboxylic acids is 1. The van der Waals surface area contributed by atoms with Crippen molar-refractivity contribution in [3.05, 3.63) is 48.0 Å². The van der Waals surface area contributed by atoms with Crippen molar-refractivity contribution in [1.82, 2.24) is 9.55 Å². The number of hydrogen-bond donors (Lipinski definition) is 2. The molecule has 0 atom stereocenters. The highest BCUT2D eigenvalue weighted by atomic mass is 16.3. The van der Waals surface area contributed by atoms with Crippen molar-refractivity contribution in [2.45, 2.75) is 6.61 Å². The molecule has 0 unspecified atom stereocenters. The molecular formula is C12H13N3O2. The lowest BCUT2D eigenvalue weighted by Gasteiger charge is -2.07. The maximum atomic E-state index is 11.8. The van der Waals surface area contributed by atoms with E-state index in [1.807, 2.05) is 6.07 Å². The molecule has 0 bridgehead atoms. The Labute approximate surface area is 98.7 Å². The molecule has 0 aliphatic carbocycles. The number of benzene rings is 1. The van der Waals surface area contributed by atoms with Gasteiger partial charge in [0, 0.05) is 24.5 Å². The fraction of sp³-hybridized carbons (Fsp3) is 0.167. The zero-order chi connectivity index (χ0) is 12.3. The van der Waals surface area contributed by atoms with Gasteiger partial charge < -0.3 is 15.0 Å². The van der Waals surface area contributed by atoms with Gasteiger partial charge in [0.05, 0.1) is 12.9 Å². The number of anilines is 1. The molecule has 2 N–H and O–H groups in total. The highest BCUT2D eigenvalue weighted by Gasteiger charge is 2.10. The summed E-state index contributed by atoms with van der Waals surface area (Å²) in [5.74, 6) is -0.286. The van der Waals surface area contributed by atoms with Gasteiger partial charge in [0.15, 0.2) is 0 Å². The maximum absolute atomic E-state index is 11.8. The van der Waals surface area contributed by atoms with E-state index in [1.54, 1.807) is 42.3 Å². The highest BCUT2D eigenvalue weighted by Crippen LogP contribution is 2.15. The number of nitrogens with zero attached hydrogens (tertiary/aromatic N) is 2. The molecule has 1 heterocycles. The van der Waals surface area contributed by atoms with Crippen LogP contribution in [0.3, 0.4) is 0 Å². The van der Waals surface area contributed by atoms with Crippen LogP contribution in [0.2, 0.25) is 0 Å². The van der Waals surface area contributed by atoms with E-state index in [2.05, 4.69) is 10.3 Å². The van der Waals surface area contributed by atoms with Crippen LogP contribution in [0.25, 0.3) is 0 Å². The number of rotatable bonds is 3. The second-order valence-corrected chi connectivity index (χ2v) is 3.69. The van der Waals surface area contributed by atoms with Crippen LogP contribution in [-0.4, -0.2) is 20.6 Å². The number of carbonyl (C=O) groups is 1. The van der Waals surface area contributed by atoms with Gasteiger partial charge in [-0.2, -0.15) is 0 Å². The second-order valence-electron chi connectivity index (χ2n) is 3.69. The summed E-state index contributed by atoms with van der Waals surface area (Å²) >= 11 is 0. The number of hydrogen-bond acceptors (Lipinski definition) is 3. The van der Waals surface area contributed by atoms with Gasteiger partial charge in [-0.05, 0) is 6.07 Å². The molecule has 5 nitrogen and oxygen atoms in total. The fourth-order valence-corrected chi connectivity index (χ4v) is 1.50. The van der Waals surface area contributed by atoms with E-state index in [9.17, 15) is 4.79 Å². The van der Waals surface area contributed by atoms with Crippen LogP contribution in [0.4, 0.5) is 5.69 Å². The Bertz CT molecular complexity index is 534. The molecule has 88 valence electrons. The molecule has 0 radical (unpaired) electrons. The molecule has 0 saturated heterocycles. The van der Waals surface area contributed by atoms with Crippen molar-refractivity contribution < 1.29 is 9.90 Å². The third kappa shape index (κ3) is 2.51. The average Bonchev–Trinajstić information content (AvgIpc) is 2.77. The smallest absolute Gasteiger partial charge is 0.275 e. The quantitative estimate of drug-likeness (QED) is 0.833. The first-order valence-electron chi connectivity index (χ1n) is 5.19. The summed E-state index contributed by atoms with van der Waals surface area (Å²) in [4.78, 5) is 15.8. The van der Waals surface area contributed by atoms with Gasteiger partial charge in [0.25, 0.3) is 5.91 Å². The number of aromatic nitrogens is 2. The van der Waals surface area contributed by atoms with E-state index in [0.717, 1.165) is 0 Å². The van der Waals surface area contributed by atoms with Gasteiger partial charge in [0.2, 0.25) is 0 Å². The summed E-state index contributed by atoms with van der Waals surface area (Å²) in [5.41, 5.74) is 1.63. The standard InChI is InChI=1S/C12H13N3O2/c1-15-6-11(13-8-15)12(17)14-10-5-3-2-4-9(10)7-16/h2-6,8,16H,7H2,1H3,(H,14,17). The number of aliphatic hydroxyl groups excluding tert-OH is 1. The molecule has 17 heavy (non-hydrogen) atoms. The van der Waals surface area contributed by atoms with Crippen molar-refractivity contribution in [3.8, 4) is 0 Å². The largest absolute Gasteiger partial charge is 0.392 e. The number of para-hydroxylation sites is 1. The van der Waals surface area contributed by atoms with Gasteiger partial charge in [-0.25, -0.2) is 4.98 Å². The maximum Gasteiger partial charge on any atom is 0.275 e. The normalized spacial score (nSPS) is 10.2. The van der Waals surface area contributed by atoms with Crippen LogP contribution < -0.4 is 5.32 Å². The van der Waals surface area contributed by atoms with Crippen molar-refractivity contribution in [2.75, 3.05) is 5.32 Å². The number of amides is 1. The first kappa shape index (κ1) is 11.3. The minimum absolute atomic E-state index is 0.112. The lowest BCUT2D eigenvalue weighted by Crippen LogP contribution is -2.13. The Morgan fingerprint density at radius 3 is 2.88 bits per heavy atom. The Balaban J connectivity index is 2.18. The second kappa shape index (κ2) is 4.80. The van der Waals surface area contributed by atoms with Crippen molar-refractivity contribution in [1.29, 1.82) is 0 Å². The fourth-order valence-electron chi connectivity index (χ4n) is 1.50. The lowest BCUT2D eigenvalue weighted by atomic mass is 10.2. The summed E-state index contributed by atoms with van der Waals surface area (Å²) in [6, 6.07) is 7.11. The van der Waals surface area contributed by atoms with Crippen molar-refractivity contribution >= 4 is 11.6 Å². The third-order valence-corrected chi connectivity index (χ3v) is 2.37. The molecular weight excluding hydrogens is 218 g/mol. The predicted octanol–water partition coefficient (Wildman–Crippen LogP) is 1.16. The van der Waals surface area contributed by atoms with E-state index in [-0.39, 0.29) is 12.5 Å². The monoisotopic (exact) mass is 231 g/mol. The van der Waals surface area contributed by atoms with Gasteiger partial charge >= 0.3 is 0 Å². The van der Waals surface area contributed by atoms with E-state index in [0.29, 0.717) is 16.9 Å². The minimum atomic E-state index is -0.286. The lowest BCUT2D eigenvalue weighted by molar-refractivity contribution is 0.102. The SMILES string of the molecule is Cn1cnc(C(=O)Nc2ccccc2CO)c1. The molecule has 0 saturated carbocycles. The predicted molar refractivity (Wildman–Crippen MR) is 63.5 cm³/mol. The van der Waals surface area contributed by atoms with Gasteiger partial charge in [-0.1, -0.05) is 18.2 Å².